The van der Waals surface area contributed by atoms with E-state index in [9.17, 15) is 0 Å². The normalized spacial score (nSPS) is 13.2. The highest BCUT2D eigenvalue weighted by molar-refractivity contribution is 9.09. The van der Waals surface area contributed by atoms with Crippen molar-refractivity contribution in [3.05, 3.63) is 0 Å². The summed E-state index contributed by atoms with van der Waals surface area (Å²) in [5.41, 5.74) is 0. The number of aliphatic hydroxyl groups excluding tert-OH is 1. The summed E-state index contributed by atoms with van der Waals surface area (Å²) in [6, 6.07) is 0. The molecule has 2 heteroatoms. The van der Waals surface area contributed by atoms with Gasteiger partial charge in [0.15, 0.2) is 0 Å². The fourth-order valence-electron chi connectivity index (χ4n) is 1.24. The van der Waals surface area contributed by atoms with Gasteiger partial charge in [0.05, 0.1) is 0 Å². The molecule has 0 aliphatic rings. The molecule has 1 unspecified atom stereocenters. The number of rotatable bonds is 8. The van der Waals surface area contributed by atoms with Crippen molar-refractivity contribution < 1.29 is 5.11 Å². The third kappa shape index (κ3) is 8.54. The van der Waals surface area contributed by atoms with Crippen molar-refractivity contribution in [3.8, 4) is 0 Å². The Kier molecular flexibility index (Phi) is 9.88. The standard InChI is InChI=1S/C10H21BrO/c1-2-3-4-7-10(11)8-5-6-9-12/h10,12H,2-9H2,1H3. The number of aliphatic hydroxyl groups is 1. The lowest BCUT2D eigenvalue weighted by atomic mass is 10.1. The average Bonchev–Trinajstić information content (AvgIpc) is 2.06. The van der Waals surface area contributed by atoms with Crippen LogP contribution in [0.15, 0.2) is 0 Å². The van der Waals surface area contributed by atoms with Crippen LogP contribution in [0.4, 0.5) is 0 Å². The Morgan fingerprint density at radius 2 is 1.67 bits per heavy atom. The van der Waals surface area contributed by atoms with Crippen molar-refractivity contribution in [1.82, 2.24) is 0 Å². The highest BCUT2D eigenvalue weighted by Gasteiger charge is 2.02. The first-order valence-corrected chi connectivity index (χ1v) is 5.97. The number of hydrogen-bond donors (Lipinski definition) is 1. The molecule has 12 heavy (non-hydrogen) atoms. The maximum absolute atomic E-state index is 8.58. The van der Waals surface area contributed by atoms with Gasteiger partial charge in [-0.2, -0.15) is 0 Å². The van der Waals surface area contributed by atoms with Gasteiger partial charge in [-0.1, -0.05) is 48.5 Å². The smallest absolute Gasteiger partial charge is 0.0431 e. The van der Waals surface area contributed by atoms with Gasteiger partial charge < -0.3 is 5.11 Å². The van der Waals surface area contributed by atoms with Crippen molar-refractivity contribution in [1.29, 1.82) is 0 Å². The van der Waals surface area contributed by atoms with Gasteiger partial charge >= 0.3 is 0 Å². The van der Waals surface area contributed by atoms with Crippen LogP contribution >= 0.6 is 15.9 Å². The third-order valence-electron chi connectivity index (χ3n) is 2.05. The molecule has 0 aromatic heterocycles. The minimum Gasteiger partial charge on any atom is -0.396 e. The molecule has 0 spiro atoms. The van der Waals surface area contributed by atoms with E-state index >= 15 is 0 Å². The van der Waals surface area contributed by atoms with Crippen LogP contribution in [0, 0.1) is 0 Å². The van der Waals surface area contributed by atoms with E-state index in [1.54, 1.807) is 0 Å². The Hall–Kier alpha value is 0.440. The molecule has 0 fully saturated rings. The molecule has 0 saturated carbocycles. The van der Waals surface area contributed by atoms with E-state index in [2.05, 4.69) is 22.9 Å². The van der Waals surface area contributed by atoms with Crippen LogP contribution in [0.3, 0.4) is 0 Å². The van der Waals surface area contributed by atoms with Gasteiger partial charge in [0.25, 0.3) is 0 Å². The van der Waals surface area contributed by atoms with E-state index in [0.717, 1.165) is 12.8 Å². The van der Waals surface area contributed by atoms with Gasteiger partial charge in [0.2, 0.25) is 0 Å². The molecular formula is C10H21BrO. The fourth-order valence-corrected chi connectivity index (χ4v) is 1.89. The summed E-state index contributed by atoms with van der Waals surface area (Å²) < 4.78 is 0. The summed E-state index contributed by atoms with van der Waals surface area (Å²) in [5, 5.41) is 8.58. The van der Waals surface area contributed by atoms with Crippen LogP contribution in [-0.2, 0) is 0 Å². The van der Waals surface area contributed by atoms with Crippen LogP contribution in [0.5, 0.6) is 0 Å². The molecule has 74 valence electrons. The zero-order chi connectivity index (χ0) is 9.23. The molecule has 0 aromatic carbocycles. The van der Waals surface area contributed by atoms with Crippen LogP contribution in [-0.4, -0.2) is 16.5 Å². The second-order valence-corrected chi connectivity index (χ2v) is 4.61. The minimum atomic E-state index is 0.342. The number of alkyl halides is 1. The van der Waals surface area contributed by atoms with Gasteiger partial charge in [0.1, 0.15) is 0 Å². The Morgan fingerprint density at radius 1 is 1.08 bits per heavy atom. The topological polar surface area (TPSA) is 20.2 Å². The second-order valence-electron chi connectivity index (χ2n) is 3.31. The van der Waals surface area contributed by atoms with Gasteiger partial charge in [-0.05, 0) is 19.3 Å². The minimum absolute atomic E-state index is 0.342. The Labute approximate surface area is 84.7 Å². The molecule has 1 nitrogen and oxygen atoms in total. The van der Waals surface area contributed by atoms with E-state index in [0.29, 0.717) is 11.4 Å². The van der Waals surface area contributed by atoms with Gasteiger partial charge in [-0.3, -0.25) is 0 Å². The summed E-state index contributed by atoms with van der Waals surface area (Å²) in [6.45, 7) is 2.57. The predicted octanol–water partition coefficient (Wildman–Crippen LogP) is 3.49. The van der Waals surface area contributed by atoms with Crippen LogP contribution < -0.4 is 0 Å². The molecule has 1 atom stereocenters. The van der Waals surface area contributed by atoms with Crippen molar-refractivity contribution in [2.24, 2.45) is 0 Å². The molecule has 0 rings (SSSR count). The molecule has 0 aliphatic heterocycles. The summed E-state index contributed by atoms with van der Waals surface area (Å²) in [5.74, 6) is 0. The summed E-state index contributed by atoms with van der Waals surface area (Å²) in [4.78, 5) is 0.676. The lowest BCUT2D eigenvalue weighted by Gasteiger charge is -2.07. The lowest BCUT2D eigenvalue weighted by molar-refractivity contribution is 0.282. The number of halogens is 1. The van der Waals surface area contributed by atoms with E-state index in [-0.39, 0.29) is 0 Å². The average molecular weight is 237 g/mol. The zero-order valence-electron chi connectivity index (χ0n) is 8.06. The highest BCUT2D eigenvalue weighted by Crippen LogP contribution is 2.16. The van der Waals surface area contributed by atoms with Crippen LogP contribution in [0.1, 0.15) is 51.9 Å². The predicted molar refractivity (Wildman–Crippen MR) is 57.8 cm³/mol. The molecule has 1 N–H and O–H groups in total. The molecule has 0 radical (unpaired) electrons. The summed E-state index contributed by atoms with van der Waals surface area (Å²) in [6.07, 6.45) is 8.60. The zero-order valence-corrected chi connectivity index (χ0v) is 9.65. The number of hydrogen-bond acceptors (Lipinski definition) is 1. The first-order chi connectivity index (χ1) is 5.81. The molecule has 0 heterocycles. The quantitative estimate of drug-likeness (QED) is 0.506. The molecule has 0 aliphatic carbocycles. The first kappa shape index (κ1) is 12.4. The Balaban J connectivity index is 3.04. The monoisotopic (exact) mass is 236 g/mol. The largest absolute Gasteiger partial charge is 0.396 e. The van der Waals surface area contributed by atoms with Crippen molar-refractivity contribution in [3.63, 3.8) is 0 Å². The molecule has 0 amide bonds. The fraction of sp³-hybridized carbons (Fsp3) is 1.00. The van der Waals surface area contributed by atoms with Crippen molar-refractivity contribution in [2.45, 2.75) is 56.7 Å². The van der Waals surface area contributed by atoms with E-state index in [1.807, 2.05) is 0 Å². The van der Waals surface area contributed by atoms with Crippen molar-refractivity contribution >= 4 is 15.9 Å². The maximum atomic E-state index is 8.58. The van der Waals surface area contributed by atoms with E-state index < -0.39 is 0 Å². The Bertz CT molecular complexity index is 75.9. The van der Waals surface area contributed by atoms with Crippen molar-refractivity contribution in [2.75, 3.05) is 6.61 Å². The van der Waals surface area contributed by atoms with E-state index in [1.165, 1.54) is 32.1 Å². The van der Waals surface area contributed by atoms with Gasteiger partial charge in [-0.15, -0.1) is 0 Å². The molecular weight excluding hydrogens is 216 g/mol. The highest BCUT2D eigenvalue weighted by atomic mass is 79.9. The first-order valence-electron chi connectivity index (χ1n) is 5.06. The summed E-state index contributed by atoms with van der Waals surface area (Å²) >= 11 is 3.66. The summed E-state index contributed by atoms with van der Waals surface area (Å²) in [7, 11) is 0. The molecule has 0 bridgehead atoms. The second kappa shape index (κ2) is 9.53. The van der Waals surface area contributed by atoms with Crippen LogP contribution in [0.2, 0.25) is 0 Å². The van der Waals surface area contributed by atoms with Crippen LogP contribution in [0.25, 0.3) is 0 Å². The van der Waals surface area contributed by atoms with Gasteiger partial charge in [-0.25, -0.2) is 0 Å². The lowest BCUT2D eigenvalue weighted by Crippen LogP contribution is -1.98. The SMILES string of the molecule is CCCCCC(Br)CCCCO. The van der Waals surface area contributed by atoms with E-state index in [4.69, 9.17) is 5.11 Å². The number of unbranched alkanes of at least 4 members (excludes halogenated alkanes) is 3. The third-order valence-corrected chi connectivity index (χ3v) is 2.96. The maximum Gasteiger partial charge on any atom is 0.0431 e. The Morgan fingerprint density at radius 3 is 2.17 bits per heavy atom. The molecule has 0 aromatic rings. The molecule has 0 saturated heterocycles. The van der Waals surface area contributed by atoms with Gasteiger partial charge in [0, 0.05) is 11.4 Å².